The van der Waals surface area contributed by atoms with Crippen LogP contribution in [-0.2, 0) is 9.53 Å². The predicted octanol–water partition coefficient (Wildman–Crippen LogP) is 3.27. The fourth-order valence-corrected chi connectivity index (χ4v) is 3.25. The van der Waals surface area contributed by atoms with E-state index in [9.17, 15) is 27.6 Å². The van der Waals surface area contributed by atoms with E-state index in [0.29, 0.717) is 11.0 Å². The number of amides is 2. The summed E-state index contributed by atoms with van der Waals surface area (Å²) in [5.41, 5.74) is -3.04. The van der Waals surface area contributed by atoms with Gasteiger partial charge in [0.1, 0.15) is 23.1 Å². The average molecular weight is 422 g/mol. The number of urea groups is 1. The molecule has 0 fully saturated rings. The molecule has 3 heterocycles. The highest BCUT2D eigenvalue weighted by molar-refractivity contribution is 5.96. The number of esters is 1. The molecule has 2 N–H and O–H groups in total. The lowest BCUT2D eigenvalue weighted by atomic mass is 9.95. The lowest BCUT2D eigenvalue weighted by molar-refractivity contribution is -0.140. The zero-order valence-corrected chi connectivity index (χ0v) is 15.3. The molecule has 1 atom stereocenters. The van der Waals surface area contributed by atoms with Crippen molar-refractivity contribution in [2.45, 2.75) is 19.1 Å². The van der Waals surface area contributed by atoms with Gasteiger partial charge < -0.3 is 24.2 Å². The summed E-state index contributed by atoms with van der Waals surface area (Å²) in [5, 5.41) is 4.37. The molecule has 1 unspecified atom stereocenters. The van der Waals surface area contributed by atoms with Crippen LogP contribution in [0.3, 0.4) is 0 Å². The number of ether oxygens (including phenoxy) is 1. The van der Waals surface area contributed by atoms with E-state index < -0.39 is 40.9 Å². The van der Waals surface area contributed by atoms with Crippen molar-refractivity contribution in [2.24, 2.45) is 0 Å². The Labute approximate surface area is 165 Å². The summed E-state index contributed by atoms with van der Waals surface area (Å²) in [6.45, 7) is 1.20. The summed E-state index contributed by atoms with van der Waals surface area (Å²) < 4.78 is 56.0. The molecule has 3 aromatic rings. The molecular formula is C19H13F3N2O6. The van der Waals surface area contributed by atoms with E-state index in [0.717, 1.165) is 6.26 Å². The van der Waals surface area contributed by atoms with E-state index in [2.05, 4.69) is 5.32 Å². The number of hydrogen-bond acceptors (Lipinski definition) is 6. The van der Waals surface area contributed by atoms with Crippen molar-refractivity contribution in [2.75, 3.05) is 6.61 Å². The summed E-state index contributed by atoms with van der Waals surface area (Å²) in [4.78, 5) is 37.3. The Morgan fingerprint density at radius 3 is 2.67 bits per heavy atom. The van der Waals surface area contributed by atoms with Crippen LogP contribution in [0.15, 0.2) is 55.6 Å². The van der Waals surface area contributed by atoms with Crippen molar-refractivity contribution in [1.29, 1.82) is 0 Å². The number of hydrogen-bond donors (Lipinski definition) is 2. The van der Waals surface area contributed by atoms with E-state index in [1.807, 2.05) is 0 Å². The van der Waals surface area contributed by atoms with Crippen LogP contribution < -0.4 is 16.1 Å². The first-order valence-electron chi connectivity index (χ1n) is 8.69. The predicted molar refractivity (Wildman–Crippen MR) is 96.4 cm³/mol. The van der Waals surface area contributed by atoms with Crippen molar-refractivity contribution in [1.82, 2.24) is 10.6 Å². The summed E-state index contributed by atoms with van der Waals surface area (Å²) in [6, 6.07) is 1.55. The number of fused-ring (bicyclic) bond motifs is 2. The van der Waals surface area contributed by atoms with Gasteiger partial charge in [-0.1, -0.05) is 0 Å². The van der Waals surface area contributed by atoms with Gasteiger partial charge in [0.15, 0.2) is 5.43 Å². The minimum atomic E-state index is -5.07. The Morgan fingerprint density at radius 1 is 1.20 bits per heavy atom. The highest BCUT2D eigenvalue weighted by Crippen LogP contribution is 2.35. The van der Waals surface area contributed by atoms with Crippen LogP contribution in [0.2, 0.25) is 0 Å². The Kier molecular flexibility index (Phi) is 4.52. The molecular weight excluding hydrogens is 409 g/mol. The lowest BCUT2D eigenvalue weighted by Crippen LogP contribution is -2.50. The topological polar surface area (TPSA) is 111 Å². The summed E-state index contributed by atoms with van der Waals surface area (Å²) in [6.07, 6.45) is -2.76. The number of carbonyl (C=O) groups excluding carboxylic acids is 2. The second-order valence-electron chi connectivity index (χ2n) is 6.37. The molecule has 156 valence electrons. The van der Waals surface area contributed by atoms with Crippen LogP contribution in [0, 0.1) is 0 Å². The molecule has 11 heteroatoms. The molecule has 2 aromatic heterocycles. The molecule has 0 saturated carbocycles. The third-order valence-corrected chi connectivity index (χ3v) is 4.54. The lowest BCUT2D eigenvalue weighted by Gasteiger charge is -2.29. The smallest absolute Gasteiger partial charge is 0.432 e. The van der Waals surface area contributed by atoms with Gasteiger partial charge in [0, 0.05) is 11.5 Å². The van der Waals surface area contributed by atoms with Gasteiger partial charge in [0.25, 0.3) is 0 Å². The standard InChI is InChI=1S/C19H13F3N2O6/c1-2-28-17(26)13-14(23-18(27)24-16(13)19(20,21)22)10-7-30-12-6-11-8(3-4-29-11)5-9(12)15(10)25/h3-7,14H,2H2,1H3,(H2,23,24,27). The molecule has 2 amide bonds. The highest BCUT2D eigenvalue weighted by Gasteiger charge is 2.46. The largest absolute Gasteiger partial charge is 0.464 e. The van der Waals surface area contributed by atoms with E-state index in [1.54, 1.807) is 11.4 Å². The molecule has 0 radical (unpaired) electrons. The van der Waals surface area contributed by atoms with Crippen LogP contribution >= 0.6 is 0 Å². The molecule has 0 saturated heterocycles. The average Bonchev–Trinajstić information content (AvgIpc) is 3.13. The summed E-state index contributed by atoms with van der Waals surface area (Å²) >= 11 is 0. The molecule has 30 heavy (non-hydrogen) atoms. The van der Waals surface area contributed by atoms with Crippen LogP contribution in [0.4, 0.5) is 18.0 Å². The van der Waals surface area contributed by atoms with Crippen molar-refractivity contribution in [3.63, 3.8) is 0 Å². The monoisotopic (exact) mass is 422 g/mol. The third kappa shape index (κ3) is 3.17. The van der Waals surface area contributed by atoms with Crippen LogP contribution in [0.1, 0.15) is 18.5 Å². The summed E-state index contributed by atoms with van der Waals surface area (Å²) in [7, 11) is 0. The number of benzene rings is 1. The van der Waals surface area contributed by atoms with Crippen molar-refractivity contribution < 1.29 is 36.3 Å². The van der Waals surface area contributed by atoms with E-state index in [1.165, 1.54) is 25.3 Å². The molecule has 1 aromatic carbocycles. The fourth-order valence-electron chi connectivity index (χ4n) is 3.25. The first kappa shape index (κ1) is 19.6. The van der Waals surface area contributed by atoms with Crippen LogP contribution in [0.25, 0.3) is 21.9 Å². The van der Waals surface area contributed by atoms with Gasteiger partial charge in [-0.15, -0.1) is 0 Å². The molecule has 1 aliphatic rings. The first-order valence-corrected chi connectivity index (χ1v) is 8.69. The molecule has 1 aliphatic heterocycles. The maximum absolute atomic E-state index is 13.5. The third-order valence-electron chi connectivity index (χ3n) is 4.54. The quantitative estimate of drug-likeness (QED) is 0.627. The van der Waals surface area contributed by atoms with Gasteiger partial charge in [-0.3, -0.25) is 4.79 Å². The van der Waals surface area contributed by atoms with Gasteiger partial charge in [-0.05, 0) is 19.1 Å². The maximum Gasteiger partial charge on any atom is 0.432 e. The van der Waals surface area contributed by atoms with Gasteiger partial charge in [-0.25, -0.2) is 9.59 Å². The second kappa shape index (κ2) is 6.94. The van der Waals surface area contributed by atoms with E-state index in [-0.39, 0.29) is 23.1 Å². The Balaban J connectivity index is 1.96. The second-order valence-corrected chi connectivity index (χ2v) is 6.37. The summed E-state index contributed by atoms with van der Waals surface area (Å²) in [5.74, 6) is -1.33. The molecule has 0 spiro atoms. The number of allylic oxidation sites excluding steroid dienone is 1. The minimum Gasteiger partial charge on any atom is -0.464 e. The maximum atomic E-state index is 13.5. The minimum absolute atomic E-state index is 0.0472. The molecule has 0 aliphatic carbocycles. The number of furan rings is 1. The zero-order chi connectivity index (χ0) is 21.6. The Bertz CT molecular complexity index is 1270. The van der Waals surface area contributed by atoms with Gasteiger partial charge in [-0.2, -0.15) is 13.2 Å². The van der Waals surface area contributed by atoms with Gasteiger partial charge in [0.2, 0.25) is 0 Å². The number of carbonyl (C=O) groups is 2. The Hall–Kier alpha value is -3.76. The molecule has 4 rings (SSSR count). The zero-order valence-electron chi connectivity index (χ0n) is 15.3. The van der Waals surface area contributed by atoms with E-state index >= 15 is 0 Å². The van der Waals surface area contributed by atoms with E-state index in [4.69, 9.17) is 13.6 Å². The molecule has 0 bridgehead atoms. The number of alkyl halides is 3. The number of halogens is 3. The number of rotatable bonds is 3. The van der Waals surface area contributed by atoms with Gasteiger partial charge >= 0.3 is 18.2 Å². The Morgan fingerprint density at radius 2 is 1.97 bits per heavy atom. The van der Waals surface area contributed by atoms with Crippen LogP contribution in [0.5, 0.6) is 0 Å². The van der Waals surface area contributed by atoms with Gasteiger partial charge in [0.05, 0.1) is 35.4 Å². The van der Waals surface area contributed by atoms with Crippen molar-refractivity contribution >= 4 is 33.9 Å². The normalized spacial score (nSPS) is 17.2. The first-order chi connectivity index (χ1) is 14.2. The SMILES string of the molecule is CCOC(=O)C1=C(C(F)(F)F)NC(=O)NC1c1coc2cc3occc3cc2c1=O. The fraction of sp³-hybridized carbons (Fsp3) is 0.211. The molecule has 8 nitrogen and oxygen atoms in total. The van der Waals surface area contributed by atoms with Crippen molar-refractivity contribution in [3.8, 4) is 0 Å². The number of nitrogens with one attached hydrogen (secondary N) is 2. The van der Waals surface area contributed by atoms with Crippen LogP contribution in [-0.4, -0.2) is 24.8 Å². The van der Waals surface area contributed by atoms with Crippen molar-refractivity contribution in [3.05, 3.63) is 57.8 Å². The highest BCUT2D eigenvalue weighted by atomic mass is 19.4.